The quantitative estimate of drug-likeness (QED) is 0.758. The van der Waals surface area contributed by atoms with Crippen LogP contribution >= 0.6 is 0 Å². The molecule has 0 unspecified atom stereocenters. The van der Waals surface area contributed by atoms with Crippen molar-refractivity contribution < 1.29 is 9.63 Å². The van der Waals surface area contributed by atoms with Gasteiger partial charge in [-0.1, -0.05) is 11.2 Å². The summed E-state index contributed by atoms with van der Waals surface area (Å²) in [4.78, 5) is 15.1. The molecule has 0 saturated carbocycles. The van der Waals surface area contributed by atoms with Crippen molar-refractivity contribution in [3.8, 4) is 11.4 Å². The minimum absolute atomic E-state index is 0.0274. The molecule has 0 aromatic carbocycles. The molecule has 1 saturated heterocycles. The predicted octanol–water partition coefficient (Wildman–Crippen LogP) is 1.73. The predicted molar refractivity (Wildman–Crippen MR) is 90.4 cm³/mol. The van der Waals surface area contributed by atoms with Crippen LogP contribution in [0.2, 0.25) is 0 Å². The fourth-order valence-electron chi connectivity index (χ4n) is 3.30. The van der Waals surface area contributed by atoms with Crippen LogP contribution in [0.25, 0.3) is 11.4 Å². The first-order valence-electron chi connectivity index (χ1n) is 8.29. The molecule has 3 aromatic heterocycles. The SMILES string of the molecule is OC[C@@H]1CN(Cc2cccnc2)C[C@H]1c1nc(-c2cccnc2)no1. The lowest BCUT2D eigenvalue weighted by atomic mass is 9.97. The van der Waals surface area contributed by atoms with Gasteiger partial charge in [-0.05, 0) is 23.8 Å². The molecule has 2 atom stereocenters. The second-order valence-electron chi connectivity index (χ2n) is 6.30. The average molecular weight is 337 g/mol. The summed E-state index contributed by atoms with van der Waals surface area (Å²) in [6, 6.07) is 7.73. The van der Waals surface area contributed by atoms with Gasteiger partial charge < -0.3 is 9.63 Å². The molecule has 3 aromatic rings. The van der Waals surface area contributed by atoms with Crippen molar-refractivity contribution in [3.63, 3.8) is 0 Å². The zero-order chi connectivity index (χ0) is 17.1. The van der Waals surface area contributed by atoms with Crippen LogP contribution in [0.15, 0.2) is 53.6 Å². The maximum atomic E-state index is 9.77. The summed E-state index contributed by atoms with van der Waals surface area (Å²) in [5, 5.41) is 13.8. The Bertz CT molecular complexity index is 809. The highest BCUT2D eigenvalue weighted by molar-refractivity contribution is 5.51. The summed E-state index contributed by atoms with van der Waals surface area (Å²) >= 11 is 0. The normalized spacial score (nSPS) is 20.8. The molecule has 1 N–H and O–H groups in total. The van der Waals surface area contributed by atoms with Gasteiger partial charge in [0.25, 0.3) is 0 Å². The van der Waals surface area contributed by atoms with Gasteiger partial charge in [-0.2, -0.15) is 4.98 Å². The number of aliphatic hydroxyl groups is 1. The van der Waals surface area contributed by atoms with E-state index in [1.165, 1.54) is 0 Å². The first-order chi connectivity index (χ1) is 12.3. The molecule has 0 radical (unpaired) electrons. The van der Waals surface area contributed by atoms with Crippen molar-refractivity contribution in [1.82, 2.24) is 25.0 Å². The summed E-state index contributed by atoms with van der Waals surface area (Å²) in [5.74, 6) is 1.22. The fourth-order valence-corrected chi connectivity index (χ4v) is 3.30. The van der Waals surface area contributed by atoms with E-state index in [4.69, 9.17) is 4.52 Å². The summed E-state index contributed by atoms with van der Waals surface area (Å²) in [5.41, 5.74) is 1.98. The zero-order valence-electron chi connectivity index (χ0n) is 13.7. The monoisotopic (exact) mass is 337 g/mol. The first-order valence-corrected chi connectivity index (χ1v) is 8.29. The fraction of sp³-hybridized carbons (Fsp3) is 0.333. The zero-order valence-corrected chi connectivity index (χ0v) is 13.7. The average Bonchev–Trinajstić information content (AvgIpc) is 3.30. The van der Waals surface area contributed by atoms with E-state index in [1.54, 1.807) is 18.6 Å². The lowest BCUT2D eigenvalue weighted by molar-refractivity contribution is 0.205. The minimum Gasteiger partial charge on any atom is -0.396 e. The molecule has 1 aliphatic rings. The van der Waals surface area contributed by atoms with Crippen LogP contribution in [-0.2, 0) is 6.54 Å². The van der Waals surface area contributed by atoms with Crippen LogP contribution in [0.1, 0.15) is 17.4 Å². The Morgan fingerprint density at radius 1 is 1.12 bits per heavy atom. The highest BCUT2D eigenvalue weighted by atomic mass is 16.5. The van der Waals surface area contributed by atoms with E-state index < -0.39 is 0 Å². The number of aliphatic hydroxyl groups excluding tert-OH is 1. The van der Waals surface area contributed by atoms with Crippen molar-refractivity contribution in [1.29, 1.82) is 0 Å². The van der Waals surface area contributed by atoms with Gasteiger partial charge in [0.2, 0.25) is 11.7 Å². The molecule has 0 bridgehead atoms. The van der Waals surface area contributed by atoms with E-state index in [2.05, 4.69) is 31.1 Å². The smallest absolute Gasteiger partial charge is 0.231 e. The van der Waals surface area contributed by atoms with Crippen LogP contribution in [-0.4, -0.2) is 49.8 Å². The van der Waals surface area contributed by atoms with Gasteiger partial charge in [0.15, 0.2) is 0 Å². The summed E-state index contributed by atoms with van der Waals surface area (Å²) in [7, 11) is 0. The minimum atomic E-state index is 0.0274. The summed E-state index contributed by atoms with van der Waals surface area (Å²) in [6.45, 7) is 2.46. The number of nitrogens with zero attached hydrogens (tertiary/aromatic N) is 5. The van der Waals surface area contributed by atoms with Gasteiger partial charge >= 0.3 is 0 Å². The number of pyridine rings is 2. The molecule has 7 nitrogen and oxygen atoms in total. The molecule has 4 rings (SSSR count). The Morgan fingerprint density at radius 3 is 2.68 bits per heavy atom. The lowest BCUT2D eigenvalue weighted by Gasteiger charge is -2.14. The largest absolute Gasteiger partial charge is 0.396 e. The molecule has 0 aliphatic carbocycles. The number of likely N-dealkylation sites (tertiary alicyclic amines) is 1. The second-order valence-corrected chi connectivity index (χ2v) is 6.30. The van der Waals surface area contributed by atoms with Crippen LogP contribution in [0.4, 0.5) is 0 Å². The van der Waals surface area contributed by atoms with Crippen molar-refractivity contribution in [2.45, 2.75) is 12.5 Å². The molecule has 128 valence electrons. The van der Waals surface area contributed by atoms with Crippen LogP contribution in [0.3, 0.4) is 0 Å². The topological polar surface area (TPSA) is 88.2 Å². The van der Waals surface area contributed by atoms with Crippen LogP contribution < -0.4 is 0 Å². The van der Waals surface area contributed by atoms with Gasteiger partial charge in [-0.3, -0.25) is 14.9 Å². The molecular formula is C18H19N5O2. The molecule has 25 heavy (non-hydrogen) atoms. The Morgan fingerprint density at radius 2 is 1.96 bits per heavy atom. The molecule has 7 heteroatoms. The lowest BCUT2D eigenvalue weighted by Crippen LogP contribution is -2.20. The van der Waals surface area contributed by atoms with E-state index in [1.807, 2.05) is 24.4 Å². The first kappa shape index (κ1) is 15.9. The van der Waals surface area contributed by atoms with Crippen molar-refractivity contribution in [2.75, 3.05) is 19.7 Å². The molecule has 4 heterocycles. The summed E-state index contributed by atoms with van der Waals surface area (Å²) in [6.07, 6.45) is 7.06. The van der Waals surface area contributed by atoms with E-state index in [9.17, 15) is 5.11 Å². The Balaban J connectivity index is 1.50. The molecule has 0 spiro atoms. The van der Waals surface area contributed by atoms with Crippen molar-refractivity contribution in [2.24, 2.45) is 5.92 Å². The van der Waals surface area contributed by atoms with Crippen molar-refractivity contribution >= 4 is 0 Å². The van der Waals surface area contributed by atoms with Crippen LogP contribution in [0.5, 0.6) is 0 Å². The van der Waals surface area contributed by atoms with Crippen molar-refractivity contribution in [3.05, 3.63) is 60.5 Å². The van der Waals surface area contributed by atoms with Gasteiger partial charge in [-0.25, -0.2) is 0 Å². The molecule has 1 aliphatic heterocycles. The third-order valence-electron chi connectivity index (χ3n) is 4.56. The maximum absolute atomic E-state index is 9.77. The molecule has 0 amide bonds. The second kappa shape index (κ2) is 7.08. The number of aromatic nitrogens is 4. The Hall–Kier alpha value is -2.64. The Kier molecular flexibility index (Phi) is 4.49. The maximum Gasteiger partial charge on any atom is 0.231 e. The standard InChI is InChI=1S/C18H19N5O2/c24-12-15-10-23(9-13-3-1-5-19-7-13)11-16(15)18-21-17(22-25-18)14-4-2-6-20-8-14/h1-8,15-16,24H,9-12H2/t15-,16+/m0/s1. The highest BCUT2D eigenvalue weighted by Gasteiger charge is 2.37. The van der Waals surface area contributed by atoms with E-state index >= 15 is 0 Å². The van der Waals surface area contributed by atoms with E-state index in [0.717, 1.165) is 30.8 Å². The number of rotatable bonds is 5. The molecule has 1 fully saturated rings. The Labute approximate surface area is 145 Å². The molecular weight excluding hydrogens is 318 g/mol. The summed E-state index contributed by atoms with van der Waals surface area (Å²) < 4.78 is 5.49. The van der Waals surface area contributed by atoms with Gasteiger partial charge in [0, 0.05) is 62.5 Å². The third-order valence-corrected chi connectivity index (χ3v) is 4.56. The van der Waals surface area contributed by atoms with Gasteiger partial charge in [-0.15, -0.1) is 0 Å². The third kappa shape index (κ3) is 3.42. The van der Waals surface area contributed by atoms with Gasteiger partial charge in [0.1, 0.15) is 0 Å². The van der Waals surface area contributed by atoms with Crippen LogP contribution in [0, 0.1) is 5.92 Å². The number of hydrogen-bond donors (Lipinski definition) is 1. The van der Waals surface area contributed by atoms with E-state index in [0.29, 0.717) is 11.7 Å². The van der Waals surface area contributed by atoms with Gasteiger partial charge in [0.05, 0.1) is 5.92 Å². The highest BCUT2D eigenvalue weighted by Crippen LogP contribution is 2.33. The van der Waals surface area contributed by atoms with E-state index in [-0.39, 0.29) is 18.4 Å². The number of hydrogen-bond acceptors (Lipinski definition) is 7.